The Morgan fingerprint density at radius 2 is 1.95 bits per heavy atom. The van der Waals surface area contributed by atoms with Gasteiger partial charge in [-0.1, -0.05) is 54.1 Å². The average Bonchev–Trinajstić information content (AvgIpc) is 2.46. The average molecular weight is 285 g/mol. The van der Waals surface area contributed by atoms with Gasteiger partial charge in [-0.25, -0.2) is 0 Å². The maximum atomic E-state index is 11.6. The van der Waals surface area contributed by atoms with Crippen LogP contribution in [-0.2, 0) is 4.79 Å². The first-order valence-corrected chi connectivity index (χ1v) is 6.83. The molecule has 0 unspecified atom stereocenters. The van der Waals surface area contributed by atoms with Crippen LogP contribution in [0.4, 0.5) is 0 Å². The molecule has 0 amide bonds. The molecule has 0 fully saturated rings. The van der Waals surface area contributed by atoms with Gasteiger partial charge in [-0.3, -0.25) is 4.79 Å². The Morgan fingerprint density at radius 1 is 1.15 bits per heavy atom. The molecule has 1 atom stereocenters. The molecule has 1 aliphatic rings. The molecule has 0 N–H and O–H groups in total. The van der Waals surface area contributed by atoms with Crippen molar-refractivity contribution in [1.82, 2.24) is 0 Å². The van der Waals surface area contributed by atoms with Gasteiger partial charge in [0.05, 0.1) is 6.42 Å². The van der Waals surface area contributed by atoms with Crippen molar-refractivity contribution in [3.05, 3.63) is 70.8 Å². The van der Waals surface area contributed by atoms with E-state index in [4.69, 9.17) is 16.3 Å². The summed E-state index contributed by atoms with van der Waals surface area (Å²) in [6.45, 7) is 0. The van der Waals surface area contributed by atoms with Gasteiger partial charge in [0.15, 0.2) is 0 Å². The number of hydrogen-bond acceptors (Lipinski definition) is 2. The lowest BCUT2D eigenvalue weighted by Crippen LogP contribution is -2.19. The molecule has 1 heterocycles. The van der Waals surface area contributed by atoms with Gasteiger partial charge in [0.1, 0.15) is 5.75 Å². The van der Waals surface area contributed by atoms with Crippen LogP contribution >= 0.6 is 11.6 Å². The van der Waals surface area contributed by atoms with Crippen molar-refractivity contribution in [2.75, 3.05) is 0 Å². The second kappa shape index (κ2) is 5.51. The highest BCUT2D eigenvalue weighted by atomic mass is 35.5. The van der Waals surface area contributed by atoms with Crippen LogP contribution in [-0.4, -0.2) is 5.97 Å². The molecule has 100 valence electrons. The van der Waals surface area contributed by atoms with Crippen LogP contribution in [0.3, 0.4) is 0 Å². The van der Waals surface area contributed by atoms with Crippen LogP contribution in [0.25, 0.3) is 6.08 Å². The van der Waals surface area contributed by atoms with Gasteiger partial charge in [0.25, 0.3) is 0 Å². The Morgan fingerprint density at radius 3 is 2.75 bits per heavy atom. The zero-order chi connectivity index (χ0) is 13.9. The second-order valence-electron chi connectivity index (χ2n) is 4.74. The molecular formula is C17H13ClO2. The minimum Gasteiger partial charge on any atom is -0.426 e. The summed E-state index contributed by atoms with van der Waals surface area (Å²) in [7, 11) is 0. The van der Waals surface area contributed by atoms with Gasteiger partial charge in [-0.05, 0) is 23.8 Å². The monoisotopic (exact) mass is 284 g/mol. The van der Waals surface area contributed by atoms with Crippen molar-refractivity contribution < 1.29 is 9.53 Å². The minimum atomic E-state index is -0.206. The molecule has 1 aliphatic heterocycles. The number of halogens is 1. The summed E-state index contributed by atoms with van der Waals surface area (Å²) in [6.07, 6.45) is 4.40. The van der Waals surface area contributed by atoms with Gasteiger partial charge < -0.3 is 4.74 Å². The lowest BCUT2D eigenvalue weighted by molar-refractivity contribution is -0.135. The molecule has 2 aromatic rings. The highest BCUT2D eigenvalue weighted by molar-refractivity contribution is 6.30. The largest absolute Gasteiger partial charge is 0.426 e. The molecule has 0 aliphatic carbocycles. The van der Waals surface area contributed by atoms with E-state index in [1.165, 1.54) is 0 Å². The van der Waals surface area contributed by atoms with E-state index in [1.807, 2.05) is 48.6 Å². The summed E-state index contributed by atoms with van der Waals surface area (Å²) in [6, 6.07) is 15.3. The molecule has 3 rings (SSSR count). The molecule has 0 aromatic heterocycles. The van der Waals surface area contributed by atoms with Gasteiger partial charge in [-0.2, -0.15) is 0 Å². The highest BCUT2D eigenvalue weighted by Crippen LogP contribution is 2.37. The predicted octanol–water partition coefficient (Wildman–Crippen LogP) is 4.45. The lowest BCUT2D eigenvalue weighted by Gasteiger charge is -2.22. The molecule has 0 bridgehead atoms. The Balaban J connectivity index is 1.93. The van der Waals surface area contributed by atoms with Crippen LogP contribution in [0.5, 0.6) is 5.75 Å². The molecular weight excluding hydrogens is 272 g/mol. The topological polar surface area (TPSA) is 26.3 Å². The van der Waals surface area contributed by atoms with Crippen LogP contribution < -0.4 is 4.74 Å². The smallest absolute Gasteiger partial charge is 0.312 e. The number of ether oxygens (including phenoxy) is 1. The number of benzene rings is 2. The minimum absolute atomic E-state index is 0.00477. The van der Waals surface area contributed by atoms with E-state index < -0.39 is 0 Å². The predicted molar refractivity (Wildman–Crippen MR) is 79.9 cm³/mol. The summed E-state index contributed by atoms with van der Waals surface area (Å²) in [4.78, 5) is 11.6. The van der Waals surface area contributed by atoms with E-state index in [9.17, 15) is 4.79 Å². The van der Waals surface area contributed by atoms with E-state index >= 15 is 0 Å². The van der Waals surface area contributed by atoms with E-state index in [2.05, 4.69) is 0 Å². The van der Waals surface area contributed by atoms with Gasteiger partial charge >= 0.3 is 5.97 Å². The maximum Gasteiger partial charge on any atom is 0.312 e. The zero-order valence-electron chi connectivity index (χ0n) is 10.8. The molecule has 0 saturated carbocycles. The SMILES string of the molecule is O=C1C[C@H](/C=C/c2ccccc2)c2cc(Cl)ccc2O1. The summed E-state index contributed by atoms with van der Waals surface area (Å²) >= 11 is 6.03. The van der Waals surface area contributed by atoms with Crippen LogP contribution in [0, 0.1) is 0 Å². The van der Waals surface area contributed by atoms with Crippen molar-refractivity contribution in [2.24, 2.45) is 0 Å². The van der Waals surface area contributed by atoms with Crippen LogP contribution in [0.1, 0.15) is 23.5 Å². The van der Waals surface area contributed by atoms with Crippen LogP contribution in [0.15, 0.2) is 54.6 Å². The molecule has 0 radical (unpaired) electrons. The van der Waals surface area contributed by atoms with Crippen molar-refractivity contribution in [3.63, 3.8) is 0 Å². The summed E-state index contributed by atoms with van der Waals surface area (Å²) in [5.74, 6) is 0.404. The third-order valence-corrected chi connectivity index (χ3v) is 3.54. The number of carbonyl (C=O) groups is 1. The molecule has 3 heteroatoms. The number of fused-ring (bicyclic) bond motifs is 1. The Hall–Kier alpha value is -2.06. The van der Waals surface area contributed by atoms with Crippen LogP contribution in [0.2, 0.25) is 5.02 Å². The lowest BCUT2D eigenvalue weighted by atomic mass is 9.92. The number of allylic oxidation sites excluding steroid dienone is 1. The fraction of sp³-hybridized carbons (Fsp3) is 0.118. The Labute approximate surface area is 122 Å². The third kappa shape index (κ3) is 2.75. The van der Waals surface area contributed by atoms with E-state index in [-0.39, 0.29) is 11.9 Å². The van der Waals surface area contributed by atoms with E-state index in [0.717, 1.165) is 11.1 Å². The Bertz CT molecular complexity index is 662. The first-order chi connectivity index (χ1) is 9.72. The first-order valence-electron chi connectivity index (χ1n) is 6.46. The van der Waals surface area contributed by atoms with Crippen molar-refractivity contribution >= 4 is 23.6 Å². The van der Waals surface area contributed by atoms with Gasteiger partial charge in [0, 0.05) is 16.5 Å². The standard InChI is InChI=1S/C17H13ClO2/c18-14-8-9-16-15(11-14)13(10-17(19)20-16)7-6-12-4-2-1-3-5-12/h1-9,11,13H,10H2/b7-6+/t13-/m0/s1. The zero-order valence-corrected chi connectivity index (χ0v) is 11.5. The number of esters is 1. The normalized spacial score (nSPS) is 17.9. The fourth-order valence-electron chi connectivity index (χ4n) is 2.32. The highest BCUT2D eigenvalue weighted by Gasteiger charge is 2.25. The number of carbonyl (C=O) groups excluding carboxylic acids is 1. The molecule has 20 heavy (non-hydrogen) atoms. The molecule has 0 spiro atoms. The summed E-state index contributed by atoms with van der Waals surface area (Å²) < 4.78 is 5.24. The first kappa shape index (κ1) is 12.9. The van der Waals surface area contributed by atoms with Crippen molar-refractivity contribution in [2.45, 2.75) is 12.3 Å². The van der Waals surface area contributed by atoms with Gasteiger partial charge in [-0.15, -0.1) is 0 Å². The summed E-state index contributed by atoms with van der Waals surface area (Å²) in [5, 5.41) is 0.653. The Kier molecular flexibility index (Phi) is 3.57. The fourth-order valence-corrected chi connectivity index (χ4v) is 2.50. The second-order valence-corrected chi connectivity index (χ2v) is 5.17. The number of hydrogen-bond donors (Lipinski definition) is 0. The van der Waals surface area contributed by atoms with E-state index in [0.29, 0.717) is 17.2 Å². The van der Waals surface area contributed by atoms with Crippen molar-refractivity contribution in [1.29, 1.82) is 0 Å². The number of rotatable bonds is 2. The van der Waals surface area contributed by atoms with E-state index in [1.54, 1.807) is 12.1 Å². The molecule has 0 saturated heterocycles. The van der Waals surface area contributed by atoms with Gasteiger partial charge in [0.2, 0.25) is 0 Å². The maximum absolute atomic E-state index is 11.6. The molecule has 2 nitrogen and oxygen atoms in total. The third-order valence-electron chi connectivity index (χ3n) is 3.30. The van der Waals surface area contributed by atoms with Crippen molar-refractivity contribution in [3.8, 4) is 5.75 Å². The summed E-state index contributed by atoms with van der Waals surface area (Å²) in [5.41, 5.74) is 2.07. The molecule has 2 aromatic carbocycles. The quantitative estimate of drug-likeness (QED) is 0.602.